The molecule has 1 aliphatic rings. The first-order chi connectivity index (χ1) is 16.7. The van der Waals surface area contributed by atoms with Gasteiger partial charge in [-0.25, -0.2) is 4.98 Å². The summed E-state index contributed by atoms with van der Waals surface area (Å²) in [6, 6.07) is 9.94. The summed E-state index contributed by atoms with van der Waals surface area (Å²) < 4.78 is 40.9. The van der Waals surface area contributed by atoms with Gasteiger partial charge in [-0.05, 0) is 54.8 Å². The fourth-order valence-electron chi connectivity index (χ4n) is 4.56. The highest BCUT2D eigenvalue weighted by molar-refractivity contribution is 6.04. The van der Waals surface area contributed by atoms with Crippen LogP contribution in [-0.2, 0) is 6.18 Å². The lowest BCUT2D eigenvalue weighted by molar-refractivity contribution is -0.137. The molecular weight excluding hydrogens is 457 g/mol. The molecular formula is C25H23F3N6O. The molecule has 0 bridgehead atoms. The molecule has 4 aromatic rings. The van der Waals surface area contributed by atoms with Crippen molar-refractivity contribution < 1.29 is 18.0 Å². The van der Waals surface area contributed by atoms with Crippen LogP contribution in [0.1, 0.15) is 39.4 Å². The molecule has 35 heavy (non-hydrogen) atoms. The van der Waals surface area contributed by atoms with Crippen molar-refractivity contribution in [1.29, 1.82) is 0 Å². The number of imidazole rings is 1. The molecule has 1 aromatic carbocycles. The number of alkyl halides is 3. The highest BCUT2D eigenvalue weighted by Gasteiger charge is 2.31. The third kappa shape index (κ3) is 4.39. The first-order valence-electron chi connectivity index (χ1n) is 11.1. The van der Waals surface area contributed by atoms with Gasteiger partial charge in [0.1, 0.15) is 5.82 Å². The van der Waals surface area contributed by atoms with E-state index >= 15 is 0 Å². The lowest BCUT2D eigenvalue weighted by Crippen LogP contribution is -2.21. The minimum atomic E-state index is -4.54. The Morgan fingerprint density at radius 1 is 1.17 bits per heavy atom. The number of nitrogens with one attached hydrogen (secondary N) is 1. The topological polar surface area (TPSA) is 88.5 Å². The Morgan fingerprint density at radius 2 is 2.00 bits per heavy atom. The van der Waals surface area contributed by atoms with E-state index < -0.39 is 17.6 Å². The van der Waals surface area contributed by atoms with Crippen LogP contribution in [0.25, 0.3) is 5.65 Å². The molecule has 7 nitrogen and oxygen atoms in total. The Bertz CT molecular complexity index is 1410. The predicted molar refractivity (Wildman–Crippen MR) is 128 cm³/mol. The van der Waals surface area contributed by atoms with E-state index in [9.17, 15) is 18.0 Å². The monoisotopic (exact) mass is 480 g/mol. The Labute approximate surface area is 199 Å². The molecule has 3 aromatic heterocycles. The number of nitrogens with two attached hydrogens (primary N) is 1. The molecule has 180 valence electrons. The maximum atomic E-state index is 13.0. The van der Waals surface area contributed by atoms with Gasteiger partial charge in [-0.1, -0.05) is 6.07 Å². The number of aromatic nitrogens is 3. The molecule has 4 heterocycles. The van der Waals surface area contributed by atoms with Crippen molar-refractivity contribution in [2.24, 2.45) is 0 Å². The molecule has 0 aliphatic carbocycles. The van der Waals surface area contributed by atoms with E-state index in [1.807, 2.05) is 48.0 Å². The normalized spacial score (nSPS) is 16.1. The van der Waals surface area contributed by atoms with Crippen molar-refractivity contribution in [3.05, 3.63) is 83.4 Å². The Kier molecular flexibility index (Phi) is 5.58. The minimum Gasteiger partial charge on any atom is -0.396 e. The number of pyridine rings is 2. The number of nitrogen functional groups attached to an aromatic ring is 1. The van der Waals surface area contributed by atoms with Crippen molar-refractivity contribution in [3.63, 3.8) is 0 Å². The predicted octanol–water partition coefficient (Wildman–Crippen LogP) is 4.88. The second-order valence-electron chi connectivity index (χ2n) is 8.69. The standard InChI is InChI=1S/C25H23F3N6O/c1-15-4-5-16(24(35)32-19-10-18(11-30-12-19)25(26,27)28)9-20(15)17-6-8-33(14-17)22-13-31-23-21(29)3-2-7-34(22)23/h2-5,7,9-13,17H,6,8,14,29H2,1H3,(H,32,35). The number of halogens is 3. The third-order valence-corrected chi connectivity index (χ3v) is 6.36. The van der Waals surface area contributed by atoms with E-state index in [0.717, 1.165) is 48.7 Å². The Balaban J connectivity index is 1.35. The smallest absolute Gasteiger partial charge is 0.396 e. The average molecular weight is 480 g/mol. The van der Waals surface area contributed by atoms with Crippen LogP contribution in [0, 0.1) is 6.92 Å². The number of carbonyl (C=O) groups excluding carboxylic acids is 1. The molecule has 1 fully saturated rings. The third-order valence-electron chi connectivity index (χ3n) is 6.36. The molecule has 10 heteroatoms. The number of amides is 1. The fraction of sp³-hybridized carbons (Fsp3) is 0.240. The average Bonchev–Trinajstić information content (AvgIpc) is 3.47. The van der Waals surface area contributed by atoms with Gasteiger partial charge in [-0.2, -0.15) is 13.2 Å². The number of carbonyl (C=O) groups is 1. The van der Waals surface area contributed by atoms with E-state index in [4.69, 9.17) is 5.73 Å². The summed E-state index contributed by atoms with van der Waals surface area (Å²) in [4.78, 5) is 23.1. The second-order valence-corrected chi connectivity index (χ2v) is 8.69. The van der Waals surface area contributed by atoms with Crippen LogP contribution in [0.3, 0.4) is 0 Å². The van der Waals surface area contributed by atoms with Gasteiger partial charge in [0.2, 0.25) is 0 Å². The molecule has 1 amide bonds. The highest BCUT2D eigenvalue weighted by Crippen LogP contribution is 2.34. The van der Waals surface area contributed by atoms with Crippen molar-refractivity contribution >= 4 is 28.7 Å². The van der Waals surface area contributed by atoms with Crippen molar-refractivity contribution in [2.45, 2.75) is 25.4 Å². The molecule has 1 saturated heterocycles. The first-order valence-corrected chi connectivity index (χ1v) is 11.1. The van der Waals surface area contributed by atoms with E-state index in [2.05, 4.69) is 20.2 Å². The minimum absolute atomic E-state index is 0.00845. The molecule has 0 radical (unpaired) electrons. The van der Waals surface area contributed by atoms with Crippen LogP contribution < -0.4 is 16.0 Å². The highest BCUT2D eigenvalue weighted by atomic mass is 19.4. The molecule has 1 aliphatic heterocycles. The number of aryl methyl sites for hydroxylation is 1. The van der Waals surface area contributed by atoms with Crippen molar-refractivity contribution in [3.8, 4) is 0 Å². The zero-order chi connectivity index (χ0) is 24.7. The number of rotatable bonds is 4. The van der Waals surface area contributed by atoms with Crippen LogP contribution in [0.5, 0.6) is 0 Å². The van der Waals surface area contributed by atoms with E-state index in [-0.39, 0.29) is 11.6 Å². The summed E-state index contributed by atoms with van der Waals surface area (Å²) in [5.41, 5.74) is 8.90. The maximum Gasteiger partial charge on any atom is 0.417 e. The Hall–Kier alpha value is -4.08. The van der Waals surface area contributed by atoms with Gasteiger partial charge in [0, 0.05) is 37.0 Å². The van der Waals surface area contributed by atoms with Crippen molar-refractivity contribution in [1.82, 2.24) is 14.4 Å². The van der Waals surface area contributed by atoms with Gasteiger partial charge in [0.15, 0.2) is 5.65 Å². The zero-order valence-electron chi connectivity index (χ0n) is 18.9. The summed E-state index contributed by atoms with van der Waals surface area (Å²) in [5, 5.41) is 2.53. The molecule has 3 N–H and O–H groups in total. The van der Waals surface area contributed by atoms with Gasteiger partial charge in [-0.3, -0.25) is 14.2 Å². The number of anilines is 3. The molecule has 5 rings (SSSR count). The number of hydrogen-bond donors (Lipinski definition) is 2. The second kappa shape index (κ2) is 8.61. The molecule has 1 atom stereocenters. The zero-order valence-corrected chi connectivity index (χ0v) is 18.9. The lowest BCUT2D eigenvalue weighted by atomic mass is 9.92. The van der Waals surface area contributed by atoms with Gasteiger partial charge in [0.05, 0.1) is 29.3 Å². The van der Waals surface area contributed by atoms with Crippen LogP contribution in [0.15, 0.2) is 61.2 Å². The summed E-state index contributed by atoms with van der Waals surface area (Å²) >= 11 is 0. The Morgan fingerprint density at radius 3 is 2.80 bits per heavy atom. The summed E-state index contributed by atoms with van der Waals surface area (Å²) in [7, 11) is 0. The fourth-order valence-corrected chi connectivity index (χ4v) is 4.56. The van der Waals surface area contributed by atoms with E-state index in [1.54, 1.807) is 6.07 Å². The van der Waals surface area contributed by atoms with Crippen LogP contribution in [-0.4, -0.2) is 33.4 Å². The number of hydrogen-bond acceptors (Lipinski definition) is 5. The molecule has 1 unspecified atom stereocenters. The number of nitrogens with zero attached hydrogens (tertiary/aromatic N) is 4. The molecule has 0 saturated carbocycles. The molecule has 0 spiro atoms. The van der Waals surface area contributed by atoms with Gasteiger partial charge in [-0.15, -0.1) is 0 Å². The first kappa shape index (κ1) is 22.7. The van der Waals surface area contributed by atoms with Crippen molar-refractivity contribution in [2.75, 3.05) is 29.0 Å². The lowest BCUT2D eigenvalue weighted by Gasteiger charge is -2.19. The van der Waals surface area contributed by atoms with Gasteiger partial charge < -0.3 is 16.0 Å². The largest absolute Gasteiger partial charge is 0.417 e. The number of benzene rings is 1. The summed E-state index contributed by atoms with van der Waals surface area (Å²) in [6.45, 7) is 3.55. The summed E-state index contributed by atoms with van der Waals surface area (Å²) in [6.07, 6.45) is 2.02. The van der Waals surface area contributed by atoms with Crippen LogP contribution in [0.4, 0.5) is 30.4 Å². The maximum absolute atomic E-state index is 13.0. The van der Waals surface area contributed by atoms with Gasteiger partial charge >= 0.3 is 6.18 Å². The SMILES string of the molecule is Cc1ccc(C(=O)Nc2cncc(C(F)(F)F)c2)cc1C1CCN(c2cnc3c(N)cccn23)C1. The van der Waals surface area contributed by atoms with Gasteiger partial charge in [0.25, 0.3) is 5.91 Å². The quantitative estimate of drug-likeness (QED) is 0.435. The summed E-state index contributed by atoms with van der Waals surface area (Å²) in [5.74, 6) is 0.655. The van der Waals surface area contributed by atoms with E-state index in [0.29, 0.717) is 16.9 Å². The van der Waals surface area contributed by atoms with Crippen LogP contribution >= 0.6 is 0 Å². The van der Waals surface area contributed by atoms with E-state index in [1.165, 1.54) is 6.20 Å². The van der Waals surface area contributed by atoms with Crippen LogP contribution in [0.2, 0.25) is 0 Å². The number of fused-ring (bicyclic) bond motifs is 1.